The van der Waals surface area contributed by atoms with Gasteiger partial charge in [-0.05, 0) is 31.2 Å². The highest BCUT2D eigenvalue weighted by atomic mass is 35.5. The van der Waals surface area contributed by atoms with E-state index in [2.05, 4.69) is 4.98 Å². The fourth-order valence-corrected chi connectivity index (χ4v) is 3.05. The number of thiazole rings is 1. The summed E-state index contributed by atoms with van der Waals surface area (Å²) in [5.41, 5.74) is 1.68. The van der Waals surface area contributed by atoms with Crippen LogP contribution in [0.2, 0.25) is 5.02 Å². The molecule has 1 aromatic heterocycles. The van der Waals surface area contributed by atoms with Crippen LogP contribution in [0.15, 0.2) is 60.0 Å². The Kier molecular flexibility index (Phi) is 5.68. The fourth-order valence-electron chi connectivity index (χ4n) is 2.11. The van der Waals surface area contributed by atoms with Gasteiger partial charge in [-0.15, -0.1) is 11.3 Å². The quantitative estimate of drug-likeness (QED) is 0.572. The van der Waals surface area contributed by atoms with Crippen LogP contribution in [-0.4, -0.2) is 17.1 Å². The maximum atomic E-state index is 12.0. The van der Waals surface area contributed by atoms with Crippen molar-refractivity contribution in [2.24, 2.45) is 0 Å². The summed E-state index contributed by atoms with van der Waals surface area (Å²) < 4.78 is 10.8. The topological polar surface area (TPSA) is 48.4 Å². The predicted octanol–water partition coefficient (Wildman–Crippen LogP) is 4.97. The number of nitrogens with zero attached hydrogens (tertiary/aromatic N) is 1. The third-order valence-electron chi connectivity index (χ3n) is 3.39. The molecule has 6 heteroatoms. The molecule has 0 bridgehead atoms. The van der Waals surface area contributed by atoms with E-state index in [1.807, 2.05) is 47.8 Å². The molecule has 0 N–H and O–H groups in total. The summed E-state index contributed by atoms with van der Waals surface area (Å²) in [5, 5.41) is 3.41. The predicted molar refractivity (Wildman–Crippen MR) is 98.9 cm³/mol. The SMILES string of the molecule is C[C@@H](Oc1ccccc1)C(=O)OCc1csc(-c2ccc(Cl)cc2)n1. The lowest BCUT2D eigenvalue weighted by Gasteiger charge is -2.13. The summed E-state index contributed by atoms with van der Waals surface area (Å²) in [6, 6.07) is 16.6. The molecule has 0 amide bonds. The van der Waals surface area contributed by atoms with Crippen molar-refractivity contribution in [3.8, 4) is 16.3 Å². The highest BCUT2D eigenvalue weighted by Crippen LogP contribution is 2.25. The Labute approximate surface area is 155 Å². The fraction of sp³-hybridized carbons (Fsp3) is 0.158. The molecule has 0 radical (unpaired) electrons. The van der Waals surface area contributed by atoms with Gasteiger partial charge < -0.3 is 9.47 Å². The number of hydrogen-bond donors (Lipinski definition) is 0. The Bertz CT molecular complexity index is 833. The van der Waals surface area contributed by atoms with Crippen LogP contribution in [0.25, 0.3) is 10.6 Å². The summed E-state index contributed by atoms with van der Waals surface area (Å²) in [6.07, 6.45) is -0.684. The van der Waals surface area contributed by atoms with Crippen LogP contribution in [0.1, 0.15) is 12.6 Å². The molecule has 0 saturated carbocycles. The smallest absolute Gasteiger partial charge is 0.347 e. The van der Waals surface area contributed by atoms with Crippen molar-refractivity contribution in [3.63, 3.8) is 0 Å². The number of esters is 1. The summed E-state index contributed by atoms with van der Waals surface area (Å²) in [4.78, 5) is 16.5. The van der Waals surface area contributed by atoms with Gasteiger partial charge in [-0.25, -0.2) is 9.78 Å². The zero-order valence-electron chi connectivity index (χ0n) is 13.5. The van der Waals surface area contributed by atoms with Crippen LogP contribution in [0.5, 0.6) is 5.75 Å². The van der Waals surface area contributed by atoms with Gasteiger partial charge in [0.15, 0.2) is 6.10 Å². The third kappa shape index (κ3) is 4.81. The van der Waals surface area contributed by atoms with Gasteiger partial charge in [0, 0.05) is 16.0 Å². The van der Waals surface area contributed by atoms with Gasteiger partial charge in [0.05, 0.1) is 5.69 Å². The van der Waals surface area contributed by atoms with Gasteiger partial charge in [-0.1, -0.05) is 41.9 Å². The molecule has 1 atom stereocenters. The number of carbonyl (C=O) groups excluding carboxylic acids is 1. The molecule has 0 aliphatic heterocycles. The molecule has 128 valence electrons. The van der Waals surface area contributed by atoms with Gasteiger partial charge in [0.2, 0.25) is 0 Å². The Morgan fingerprint density at radius 1 is 1.16 bits per heavy atom. The first kappa shape index (κ1) is 17.5. The lowest BCUT2D eigenvalue weighted by Crippen LogP contribution is -2.26. The molecular formula is C19H16ClNO3S. The minimum Gasteiger partial charge on any atom is -0.479 e. The monoisotopic (exact) mass is 373 g/mol. The maximum Gasteiger partial charge on any atom is 0.347 e. The van der Waals surface area contributed by atoms with E-state index in [-0.39, 0.29) is 6.61 Å². The normalized spacial score (nSPS) is 11.8. The van der Waals surface area contributed by atoms with Crippen molar-refractivity contribution in [3.05, 3.63) is 70.7 Å². The molecule has 0 unspecified atom stereocenters. The second-order valence-electron chi connectivity index (χ2n) is 5.33. The first-order valence-electron chi connectivity index (χ1n) is 7.70. The Hall–Kier alpha value is -2.37. The lowest BCUT2D eigenvalue weighted by molar-refractivity contribution is -0.152. The summed E-state index contributed by atoms with van der Waals surface area (Å²) in [6.45, 7) is 1.78. The van der Waals surface area contributed by atoms with Gasteiger partial charge >= 0.3 is 5.97 Å². The van der Waals surface area contributed by atoms with Crippen molar-refractivity contribution in [2.45, 2.75) is 19.6 Å². The molecule has 0 aliphatic rings. The molecule has 4 nitrogen and oxygen atoms in total. The maximum absolute atomic E-state index is 12.0. The van der Waals surface area contributed by atoms with Gasteiger partial charge in [-0.3, -0.25) is 0 Å². The number of para-hydroxylation sites is 1. The number of rotatable bonds is 6. The standard InChI is InChI=1S/C19H16ClNO3S/c1-13(24-17-5-3-2-4-6-17)19(22)23-11-16-12-25-18(21-16)14-7-9-15(20)10-8-14/h2-10,12-13H,11H2,1H3/t13-/m1/s1. The largest absolute Gasteiger partial charge is 0.479 e. The van der Waals surface area contributed by atoms with Crippen LogP contribution < -0.4 is 4.74 Å². The molecule has 0 fully saturated rings. The van der Waals surface area contributed by atoms with Crippen molar-refractivity contribution in [1.29, 1.82) is 0 Å². The van der Waals surface area contributed by atoms with Gasteiger partial charge in [-0.2, -0.15) is 0 Å². The number of benzene rings is 2. The molecule has 2 aromatic carbocycles. The summed E-state index contributed by atoms with van der Waals surface area (Å²) in [5.74, 6) is 0.204. The zero-order valence-corrected chi connectivity index (χ0v) is 15.1. The average Bonchev–Trinajstić information content (AvgIpc) is 3.10. The van der Waals surface area contributed by atoms with E-state index < -0.39 is 12.1 Å². The van der Waals surface area contributed by atoms with E-state index in [0.717, 1.165) is 10.6 Å². The summed E-state index contributed by atoms with van der Waals surface area (Å²) in [7, 11) is 0. The van der Waals surface area contributed by atoms with E-state index in [0.29, 0.717) is 16.5 Å². The number of halogens is 1. The zero-order chi connectivity index (χ0) is 17.6. The number of ether oxygens (including phenoxy) is 2. The van der Waals surface area contributed by atoms with Crippen LogP contribution >= 0.6 is 22.9 Å². The number of hydrogen-bond acceptors (Lipinski definition) is 5. The molecule has 3 rings (SSSR count). The number of carbonyl (C=O) groups is 1. The van der Waals surface area contributed by atoms with Crippen molar-refractivity contribution >= 4 is 28.9 Å². The van der Waals surface area contributed by atoms with E-state index in [1.54, 1.807) is 19.1 Å². The Morgan fingerprint density at radius 3 is 2.60 bits per heavy atom. The third-order valence-corrected chi connectivity index (χ3v) is 4.59. The van der Waals surface area contributed by atoms with Crippen molar-refractivity contribution < 1.29 is 14.3 Å². The van der Waals surface area contributed by atoms with Crippen LogP contribution in [0, 0.1) is 0 Å². The molecule has 0 spiro atoms. The minimum atomic E-state index is -0.684. The van der Waals surface area contributed by atoms with Crippen LogP contribution in [0.4, 0.5) is 0 Å². The van der Waals surface area contributed by atoms with Crippen LogP contribution in [-0.2, 0) is 16.1 Å². The van der Waals surface area contributed by atoms with Crippen LogP contribution in [0.3, 0.4) is 0 Å². The first-order valence-corrected chi connectivity index (χ1v) is 8.96. The minimum absolute atomic E-state index is 0.116. The van der Waals surface area contributed by atoms with Crippen molar-refractivity contribution in [2.75, 3.05) is 0 Å². The lowest BCUT2D eigenvalue weighted by atomic mass is 10.2. The number of aromatic nitrogens is 1. The Morgan fingerprint density at radius 2 is 1.88 bits per heavy atom. The van der Waals surface area contributed by atoms with Gasteiger partial charge in [0.1, 0.15) is 17.4 Å². The molecular weight excluding hydrogens is 358 g/mol. The molecule has 25 heavy (non-hydrogen) atoms. The second-order valence-corrected chi connectivity index (χ2v) is 6.63. The molecule has 0 saturated heterocycles. The summed E-state index contributed by atoms with van der Waals surface area (Å²) >= 11 is 7.38. The second kappa shape index (κ2) is 8.14. The van der Waals surface area contributed by atoms with Gasteiger partial charge in [0.25, 0.3) is 0 Å². The molecule has 0 aliphatic carbocycles. The molecule has 3 aromatic rings. The highest BCUT2D eigenvalue weighted by Gasteiger charge is 2.17. The average molecular weight is 374 g/mol. The van der Waals surface area contributed by atoms with Crippen molar-refractivity contribution in [1.82, 2.24) is 4.98 Å². The Balaban J connectivity index is 1.54. The van der Waals surface area contributed by atoms with E-state index >= 15 is 0 Å². The first-order chi connectivity index (χ1) is 12.1. The highest BCUT2D eigenvalue weighted by molar-refractivity contribution is 7.13. The van der Waals surface area contributed by atoms with E-state index in [1.165, 1.54) is 11.3 Å². The van der Waals surface area contributed by atoms with E-state index in [9.17, 15) is 4.79 Å². The molecule has 1 heterocycles. The van der Waals surface area contributed by atoms with E-state index in [4.69, 9.17) is 21.1 Å².